The smallest absolute Gasteiger partial charge is 0.243 e. The van der Waals surface area contributed by atoms with Gasteiger partial charge in [-0.15, -0.1) is 0 Å². The van der Waals surface area contributed by atoms with Crippen LogP contribution in [0.1, 0.15) is 61.7 Å². The average molecular weight is 363 g/mol. The largest absolute Gasteiger partial charge is 0.340 e. The predicted octanol–water partition coefficient (Wildman–Crippen LogP) is 1.70. The number of hydrogen-bond donors (Lipinski definition) is 3. The number of hydrogen-bond acceptors (Lipinski definition) is 7. The van der Waals surface area contributed by atoms with Gasteiger partial charge in [0.1, 0.15) is 0 Å². The maximum Gasteiger partial charge on any atom is 0.243 e. The Morgan fingerprint density at radius 3 is 2.46 bits per heavy atom. The van der Waals surface area contributed by atoms with E-state index >= 15 is 0 Å². The maximum atomic E-state index is 12.2. The Labute approximate surface area is 154 Å². The lowest BCUT2D eigenvalue weighted by Crippen LogP contribution is -2.29. The fourth-order valence-corrected chi connectivity index (χ4v) is 2.98. The van der Waals surface area contributed by atoms with E-state index in [0.29, 0.717) is 24.4 Å². The number of ketones is 1. The Balaban J connectivity index is 1.65. The highest BCUT2D eigenvalue weighted by Crippen LogP contribution is 2.13. The normalized spacial score (nSPS) is 14.7. The summed E-state index contributed by atoms with van der Waals surface area (Å²) < 4.78 is 0. The van der Waals surface area contributed by atoms with Crippen LogP contribution in [0.25, 0.3) is 0 Å². The number of carbonyl (C=O) groups is 2. The fourth-order valence-electron chi connectivity index (χ4n) is 2.98. The summed E-state index contributed by atoms with van der Waals surface area (Å²) >= 11 is 0. The summed E-state index contributed by atoms with van der Waals surface area (Å²) in [4.78, 5) is 34.0. The molecule has 1 fully saturated rings. The zero-order chi connectivity index (χ0) is 18.6. The summed E-state index contributed by atoms with van der Waals surface area (Å²) in [5, 5.41) is 11.7. The van der Waals surface area contributed by atoms with Crippen molar-refractivity contribution in [2.24, 2.45) is 0 Å². The third-order valence-corrected chi connectivity index (χ3v) is 4.52. The lowest BCUT2D eigenvalue weighted by molar-refractivity contribution is -0.129. The molecule has 8 heteroatoms. The molecule has 1 aromatic rings. The third-order valence-electron chi connectivity index (χ3n) is 4.52. The summed E-state index contributed by atoms with van der Waals surface area (Å²) in [5.74, 6) is 0.422. The molecule has 2 heterocycles. The number of carbonyl (C=O) groups excluding carboxylic acids is 2. The van der Waals surface area contributed by atoms with Crippen molar-refractivity contribution in [2.75, 3.05) is 31.1 Å². The van der Waals surface area contributed by atoms with Crippen molar-refractivity contribution in [3.8, 4) is 0 Å². The van der Waals surface area contributed by atoms with Gasteiger partial charge in [-0.05, 0) is 25.8 Å². The van der Waals surface area contributed by atoms with Gasteiger partial charge in [0.25, 0.3) is 0 Å². The van der Waals surface area contributed by atoms with E-state index in [4.69, 9.17) is 5.21 Å². The number of unbranched alkanes of at least 4 members (excludes halogenated alkanes) is 4. The molecule has 26 heavy (non-hydrogen) atoms. The van der Waals surface area contributed by atoms with Crippen LogP contribution in [-0.2, 0) is 4.79 Å². The molecule has 0 aliphatic carbocycles. The van der Waals surface area contributed by atoms with E-state index < -0.39 is 0 Å². The molecular weight excluding hydrogens is 334 g/mol. The van der Waals surface area contributed by atoms with Gasteiger partial charge in [-0.25, -0.2) is 15.4 Å². The molecule has 1 saturated heterocycles. The molecule has 144 valence electrons. The number of nitrogens with one attached hydrogen (secondary N) is 2. The van der Waals surface area contributed by atoms with Gasteiger partial charge in [0.05, 0.1) is 5.56 Å². The molecule has 1 aliphatic rings. The molecule has 1 amide bonds. The van der Waals surface area contributed by atoms with E-state index in [1.54, 1.807) is 17.9 Å². The lowest BCUT2D eigenvalue weighted by atomic mass is 10.1. The minimum Gasteiger partial charge on any atom is -0.340 e. The van der Waals surface area contributed by atoms with Gasteiger partial charge in [-0.1, -0.05) is 19.3 Å². The molecule has 3 N–H and O–H groups in total. The molecule has 1 aromatic heterocycles. The zero-order valence-corrected chi connectivity index (χ0v) is 15.2. The van der Waals surface area contributed by atoms with E-state index in [2.05, 4.69) is 20.2 Å². The topological polar surface area (TPSA) is 107 Å². The molecule has 0 spiro atoms. The molecule has 0 unspecified atom stereocenters. The highest BCUT2D eigenvalue weighted by Gasteiger charge is 2.13. The first kappa shape index (κ1) is 20.3. The molecule has 0 saturated carbocycles. The minimum absolute atomic E-state index is 0.0775. The van der Waals surface area contributed by atoms with Crippen molar-refractivity contribution in [3.63, 3.8) is 0 Å². The number of hydroxylamine groups is 1. The van der Waals surface area contributed by atoms with Gasteiger partial charge < -0.3 is 10.2 Å². The first-order valence-electron chi connectivity index (χ1n) is 9.44. The van der Waals surface area contributed by atoms with Crippen molar-refractivity contribution in [3.05, 3.63) is 18.0 Å². The highest BCUT2D eigenvalue weighted by molar-refractivity contribution is 5.95. The first-order valence-corrected chi connectivity index (χ1v) is 9.44. The quantitative estimate of drug-likeness (QED) is 0.251. The zero-order valence-electron chi connectivity index (χ0n) is 15.2. The van der Waals surface area contributed by atoms with Crippen LogP contribution in [-0.4, -0.2) is 53.0 Å². The summed E-state index contributed by atoms with van der Waals surface area (Å²) in [7, 11) is 0. The standard InChI is InChI=1S/C18H29N5O3/c24-16(7-4-2-1-3-5-8-17(25)22-26)15-13-20-18(21-14-15)23-11-6-9-19-10-12-23/h13-14,19,26H,1-12H2,(H,22,25). The molecule has 0 bridgehead atoms. The van der Waals surface area contributed by atoms with Crippen LogP contribution in [0.5, 0.6) is 0 Å². The monoisotopic (exact) mass is 363 g/mol. The molecule has 8 nitrogen and oxygen atoms in total. The van der Waals surface area contributed by atoms with Crippen molar-refractivity contribution in [1.82, 2.24) is 20.8 Å². The SMILES string of the molecule is O=C(CCCCCCCC(=O)c1cnc(N2CCCNCC2)nc1)NO. The van der Waals surface area contributed by atoms with Crippen molar-refractivity contribution >= 4 is 17.6 Å². The van der Waals surface area contributed by atoms with Crippen LogP contribution in [0.4, 0.5) is 5.95 Å². The first-order chi connectivity index (χ1) is 12.7. The Bertz CT molecular complexity index is 556. The second kappa shape index (κ2) is 11.5. The van der Waals surface area contributed by atoms with Gasteiger partial charge in [0.2, 0.25) is 11.9 Å². The Hall–Kier alpha value is -2.06. The molecule has 0 atom stereocenters. The van der Waals surface area contributed by atoms with Crippen LogP contribution < -0.4 is 15.7 Å². The van der Waals surface area contributed by atoms with E-state index in [0.717, 1.165) is 64.7 Å². The Morgan fingerprint density at radius 1 is 1.04 bits per heavy atom. The summed E-state index contributed by atoms with van der Waals surface area (Å²) in [6.45, 7) is 3.75. The number of amides is 1. The van der Waals surface area contributed by atoms with E-state index in [-0.39, 0.29) is 11.7 Å². The second-order valence-corrected chi connectivity index (χ2v) is 6.59. The van der Waals surface area contributed by atoms with Gasteiger partial charge in [0.15, 0.2) is 5.78 Å². The van der Waals surface area contributed by atoms with Crippen molar-refractivity contribution in [2.45, 2.75) is 51.4 Å². The summed E-state index contributed by atoms with van der Waals surface area (Å²) in [6.07, 6.45) is 9.59. The number of aromatic nitrogens is 2. The van der Waals surface area contributed by atoms with Crippen LogP contribution in [0.3, 0.4) is 0 Å². The third kappa shape index (κ3) is 7.05. The van der Waals surface area contributed by atoms with E-state index in [9.17, 15) is 9.59 Å². The minimum atomic E-state index is -0.347. The lowest BCUT2D eigenvalue weighted by Gasteiger charge is -2.19. The van der Waals surface area contributed by atoms with Crippen molar-refractivity contribution in [1.29, 1.82) is 0 Å². The molecular formula is C18H29N5O3. The van der Waals surface area contributed by atoms with Crippen LogP contribution in [0.2, 0.25) is 0 Å². The van der Waals surface area contributed by atoms with Gasteiger partial charge in [-0.3, -0.25) is 14.8 Å². The van der Waals surface area contributed by atoms with Crippen LogP contribution in [0.15, 0.2) is 12.4 Å². The number of anilines is 1. The van der Waals surface area contributed by atoms with Gasteiger partial charge in [0, 0.05) is 44.9 Å². The Kier molecular flexibility index (Phi) is 8.99. The number of Topliss-reactive ketones (excluding diaryl/α,β-unsaturated/α-hetero) is 1. The maximum absolute atomic E-state index is 12.2. The van der Waals surface area contributed by atoms with Crippen LogP contribution in [0, 0.1) is 0 Å². The summed E-state index contributed by atoms with van der Waals surface area (Å²) in [6, 6.07) is 0. The summed E-state index contributed by atoms with van der Waals surface area (Å²) in [5.41, 5.74) is 2.20. The molecule has 0 radical (unpaired) electrons. The molecule has 1 aliphatic heterocycles. The van der Waals surface area contributed by atoms with Crippen LogP contribution >= 0.6 is 0 Å². The predicted molar refractivity (Wildman–Crippen MR) is 98.3 cm³/mol. The Morgan fingerprint density at radius 2 is 1.73 bits per heavy atom. The van der Waals surface area contributed by atoms with Gasteiger partial charge in [-0.2, -0.15) is 0 Å². The fraction of sp³-hybridized carbons (Fsp3) is 0.667. The highest BCUT2D eigenvalue weighted by atomic mass is 16.5. The average Bonchev–Trinajstić information content (AvgIpc) is 2.96. The number of nitrogens with zero attached hydrogens (tertiary/aromatic N) is 3. The van der Waals surface area contributed by atoms with E-state index in [1.807, 2.05) is 0 Å². The van der Waals surface area contributed by atoms with Crippen molar-refractivity contribution < 1.29 is 14.8 Å². The molecule has 2 rings (SSSR count). The van der Waals surface area contributed by atoms with E-state index in [1.165, 1.54) is 0 Å². The van der Waals surface area contributed by atoms with Gasteiger partial charge >= 0.3 is 0 Å². The molecule has 0 aromatic carbocycles. The number of rotatable bonds is 10. The second-order valence-electron chi connectivity index (χ2n) is 6.59.